The van der Waals surface area contributed by atoms with Crippen molar-refractivity contribution in [1.82, 2.24) is 14.7 Å². The van der Waals surface area contributed by atoms with Gasteiger partial charge in [-0.05, 0) is 61.2 Å². The van der Waals surface area contributed by atoms with E-state index < -0.39 is 5.91 Å². The van der Waals surface area contributed by atoms with Crippen LogP contribution in [0.15, 0.2) is 108 Å². The molecule has 3 aromatic carbocycles. The maximum absolute atomic E-state index is 13.8. The highest BCUT2D eigenvalue weighted by Crippen LogP contribution is 2.35. The SMILES string of the molecule is CC1=C(C#N)C(=O)N(C2CCCC2)C(=O)/C1=C/c1cn(-c2ccccc2)nc1-c1cccc(OCc2ccccc2)c1. The highest BCUT2D eigenvalue weighted by molar-refractivity contribution is 6.20. The van der Waals surface area contributed by atoms with Gasteiger partial charge in [-0.2, -0.15) is 10.4 Å². The van der Waals surface area contributed by atoms with Crippen LogP contribution in [0.4, 0.5) is 0 Å². The molecule has 42 heavy (non-hydrogen) atoms. The van der Waals surface area contributed by atoms with Crippen LogP contribution in [0.3, 0.4) is 0 Å². The van der Waals surface area contributed by atoms with Gasteiger partial charge in [0.25, 0.3) is 11.8 Å². The molecule has 2 aliphatic rings. The highest BCUT2D eigenvalue weighted by Gasteiger charge is 2.40. The van der Waals surface area contributed by atoms with E-state index in [1.165, 1.54) is 4.90 Å². The summed E-state index contributed by atoms with van der Waals surface area (Å²) in [5, 5.41) is 14.8. The van der Waals surface area contributed by atoms with Crippen LogP contribution in [-0.2, 0) is 16.2 Å². The van der Waals surface area contributed by atoms with E-state index in [1.807, 2.05) is 91.1 Å². The lowest BCUT2D eigenvalue weighted by Gasteiger charge is -2.32. The summed E-state index contributed by atoms with van der Waals surface area (Å²) in [7, 11) is 0. The third-order valence-electron chi connectivity index (χ3n) is 7.88. The number of hydrogen-bond acceptors (Lipinski definition) is 5. The van der Waals surface area contributed by atoms with E-state index >= 15 is 0 Å². The topological polar surface area (TPSA) is 88.2 Å². The molecule has 7 heteroatoms. The molecule has 7 nitrogen and oxygen atoms in total. The Balaban J connectivity index is 1.43. The Labute approximate surface area is 245 Å². The molecule has 0 N–H and O–H groups in total. The van der Waals surface area contributed by atoms with Crippen molar-refractivity contribution in [3.63, 3.8) is 0 Å². The number of hydrogen-bond donors (Lipinski definition) is 0. The molecule has 0 radical (unpaired) electrons. The zero-order chi connectivity index (χ0) is 29.1. The van der Waals surface area contributed by atoms with Gasteiger partial charge in [-0.25, -0.2) is 4.68 Å². The fourth-order valence-electron chi connectivity index (χ4n) is 5.65. The predicted octanol–water partition coefficient (Wildman–Crippen LogP) is 6.65. The minimum atomic E-state index is -0.493. The van der Waals surface area contributed by atoms with E-state index in [9.17, 15) is 14.9 Å². The van der Waals surface area contributed by atoms with Gasteiger partial charge in [-0.15, -0.1) is 0 Å². The average molecular weight is 555 g/mol. The first kappa shape index (κ1) is 27.0. The highest BCUT2D eigenvalue weighted by atomic mass is 16.5. The fraction of sp³-hybridized carbons (Fsp3) is 0.200. The summed E-state index contributed by atoms with van der Waals surface area (Å²) < 4.78 is 7.86. The second kappa shape index (κ2) is 11.7. The van der Waals surface area contributed by atoms with Crippen molar-refractivity contribution >= 4 is 17.9 Å². The maximum Gasteiger partial charge on any atom is 0.271 e. The number of nitrogens with zero attached hydrogens (tertiary/aromatic N) is 4. The Bertz CT molecular complexity index is 1740. The summed E-state index contributed by atoms with van der Waals surface area (Å²) in [6.45, 7) is 2.10. The molecule has 1 aliphatic carbocycles. The predicted molar refractivity (Wildman–Crippen MR) is 160 cm³/mol. The van der Waals surface area contributed by atoms with Gasteiger partial charge in [-0.1, -0.05) is 73.5 Å². The van der Waals surface area contributed by atoms with Crippen LogP contribution >= 0.6 is 0 Å². The van der Waals surface area contributed by atoms with Crippen LogP contribution in [0.5, 0.6) is 5.75 Å². The Hall–Kier alpha value is -5.22. The molecule has 1 saturated carbocycles. The Morgan fingerprint density at radius 1 is 0.952 bits per heavy atom. The Morgan fingerprint density at radius 2 is 1.67 bits per heavy atom. The quantitative estimate of drug-likeness (QED) is 0.188. The van der Waals surface area contributed by atoms with E-state index in [-0.39, 0.29) is 17.5 Å². The van der Waals surface area contributed by atoms with E-state index in [2.05, 4.69) is 6.07 Å². The normalized spacial score (nSPS) is 16.8. The molecule has 208 valence electrons. The van der Waals surface area contributed by atoms with Crippen molar-refractivity contribution < 1.29 is 14.3 Å². The molecule has 0 atom stereocenters. The first-order valence-corrected chi connectivity index (χ1v) is 14.2. The summed E-state index contributed by atoms with van der Waals surface area (Å²) >= 11 is 0. The molecule has 2 amide bonds. The zero-order valence-electron chi connectivity index (χ0n) is 23.4. The summed E-state index contributed by atoms with van der Waals surface area (Å²) in [5.74, 6) is -0.159. The minimum Gasteiger partial charge on any atom is -0.489 e. The van der Waals surface area contributed by atoms with Gasteiger partial charge in [0.2, 0.25) is 0 Å². The van der Waals surface area contributed by atoms with Crippen molar-refractivity contribution in [2.24, 2.45) is 0 Å². The van der Waals surface area contributed by atoms with Crippen molar-refractivity contribution in [1.29, 1.82) is 5.26 Å². The number of imide groups is 1. The molecule has 1 fully saturated rings. The summed E-state index contributed by atoms with van der Waals surface area (Å²) in [5.41, 5.74) is 4.83. The lowest BCUT2D eigenvalue weighted by Crippen LogP contribution is -2.47. The van der Waals surface area contributed by atoms with Crippen molar-refractivity contribution in [2.45, 2.75) is 45.3 Å². The van der Waals surface area contributed by atoms with Crippen LogP contribution < -0.4 is 4.74 Å². The number of aromatic nitrogens is 2. The van der Waals surface area contributed by atoms with Gasteiger partial charge in [0, 0.05) is 28.9 Å². The number of carbonyl (C=O) groups excluding carboxylic acids is 2. The summed E-state index contributed by atoms with van der Waals surface area (Å²) in [4.78, 5) is 28.4. The Kier molecular flexibility index (Phi) is 7.52. The maximum atomic E-state index is 13.8. The van der Waals surface area contributed by atoms with Crippen LogP contribution in [0.2, 0.25) is 0 Å². The van der Waals surface area contributed by atoms with Gasteiger partial charge in [-0.3, -0.25) is 14.5 Å². The number of amides is 2. The molecular formula is C35H30N4O3. The molecule has 0 saturated heterocycles. The fourth-order valence-corrected chi connectivity index (χ4v) is 5.65. The standard InChI is InChI=1S/C35H30N4O3/c1-24-31(34(40)39(29-16-8-9-17-29)35(41)32(24)21-36)20-27-22-38(28-14-6-3-7-15-28)37-33(27)26-13-10-18-30(19-26)42-23-25-11-4-2-5-12-25/h2-7,10-15,18-20,22,29H,8-9,16-17,23H2,1H3/b31-20+. The number of carbonyl (C=O) groups is 2. The number of rotatable bonds is 7. The van der Waals surface area contributed by atoms with E-state index in [0.29, 0.717) is 34.8 Å². The molecule has 0 spiro atoms. The van der Waals surface area contributed by atoms with Gasteiger partial charge in [0.1, 0.15) is 29.7 Å². The Morgan fingerprint density at radius 3 is 2.38 bits per heavy atom. The van der Waals surface area contributed by atoms with Gasteiger partial charge in [0.05, 0.1) is 5.69 Å². The molecule has 4 aromatic rings. The summed E-state index contributed by atoms with van der Waals surface area (Å²) in [6.07, 6.45) is 7.08. The molecule has 1 aliphatic heterocycles. The van der Waals surface area contributed by atoms with E-state index in [4.69, 9.17) is 9.84 Å². The smallest absolute Gasteiger partial charge is 0.271 e. The lowest BCUT2D eigenvalue weighted by molar-refractivity contribution is -0.143. The monoisotopic (exact) mass is 554 g/mol. The average Bonchev–Trinajstić information content (AvgIpc) is 3.71. The van der Waals surface area contributed by atoms with Gasteiger partial charge in [0.15, 0.2) is 0 Å². The molecule has 0 bridgehead atoms. The second-order valence-electron chi connectivity index (χ2n) is 10.6. The van der Waals surface area contributed by atoms with E-state index in [0.717, 1.165) is 42.5 Å². The van der Waals surface area contributed by atoms with Crippen LogP contribution in [-0.4, -0.2) is 32.5 Å². The zero-order valence-corrected chi connectivity index (χ0v) is 23.4. The van der Waals surface area contributed by atoms with E-state index in [1.54, 1.807) is 17.7 Å². The van der Waals surface area contributed by atoms with Crippen LogP contribution in [0.1, 0.15) is 43.7 Å². The van der Waals surface area contributed by atoms with Gasteiger partial charge >= 0.3 is 0 Å². The molecule has 6 rings (SSSR count). The molecular weight excluding hydrogens is 524 g/mol. The number of nitriles is 1. The first-order valence-electron chi connectivity index (χ1n) is 14.2. The third kappa shape index (κ3) is 5.27. The lowest BCUT2D eigenvalue weighted by atomic mass is 9.92. The second-order valence-corrected chi connectivity index (χ2v) is 10.6. The van der Waals surface area contributed by atoms with Crippen molar-refractivity contribution in [2.75, 3.05) is 0 Å². The van der Waals surface area contributed by atoms with Gasteiger partial charge < -0.3 is 4.74 Å². The number of benzene rings is 3. The van der Waals surface area contributed by atoms with Crippen molar-refractivity contribution in [3.8, 4) is 28.8 Å². The van der Waals surface area contributed by atoms with Crippen molar-refractivity contribution in [3.05, 3.63) is 119 Å². The van der Waals surface area contributed by atoms with Crippen LogP contribution in [0, 0.1) is 11.3 Å². The largest absolute Gasteiger partial charge is 0.489 e. The number of para-hydroxylation sites is 1. The minimum absolute atomic E-state index is 0.0149. The summed E-state index contributed by atoms with van der Waals surface area (Å²) in [6, 6.07) is 29.3. The first-order chi connectivity index (χ1) is 20.5. The molecule has 0 unspecified atom stereocenters. The number of ether oxygens (including phenoxy) is 1. The molecule has 2 heterocycles. The third-order valence-corrected chi connectivity index (χ3v) is 7.88. The van der Waals surface area contributed by atoms with Crippen LogP contribution in [0.25, 0.3) is 23.0 Å². The molecule has 1 aromatic heterocycles.